The monoisotopic (exact) mass is 247 g/mol. The van der Waals surface area contributed by atoms with Crippen LogP contribution in [0.2, 0.25) is 0 Å². The molecule has 5 heteroatoms. The lowest BCUT2D eigenvalue weighted by atomic mass is 9.85. The molecule has 0 aromatic carbocycles. The maximum atomic E-state index is 13.0. The Bertz CT molecular complexity index is 286. The summed E-state index contributed by atoms with van der Waals surface area (Å²) < 4.78 is 26.0. The average Bonchev–Trinajstić information content (AvgIpc) is 2.28. The van der Waals surface area contributed by atoms with Gasteiger partial charge in [0.2, 0.25) is 11.8 Å². The summed E-state index contributed by atoms with van der Waals surface area (Å²) >= 11 is 0. The van der Waals surface area contributed by atoms with Gasteiger partial charge in [-0.3, -0.25) is 4.79 Å². The summed E-state index contributed by atoms with van der Waals surface area (Å²) in [7, 11) is 0. The zero-order valence-electron chi connectivity index (χ0n) is 9.87. The number of likely N-dealkylation sites (tertiary alicyclic amines) is 1. The second-order valence-corrected chi connectivity index (χ2v) is 5.21. The molecule has 0 unspecified atom stereocenters. The second-order valence-electron chi connectivity index (χ2n) is 5.21. The van der Waals surface area contributed by atoms with Crippen LogP contribution in [0.4, 0.5) is 8.78 Å². The SMILES string of the molecule is O=C(C1CCC(F)(F)CC1)N1CCC[C@H](O)C1. The first kappa shape index (κ1) is 12.7. The molecule has 2 aliphatic rings. The van der Waals surface area contributed by atoms with Crippen LogP contribution in [-0.4, -0.2) is 41.0 Å². The molecule has 0 aromatic rings. The van der Waals surface area contributed by atoms with Crippen molar-refractivity contribution in [2.75, 3.05) is 13.1 Å². The Morgan fingerprint density at radius 1 is 1.24 bits per heavy atom. The number of amides is 1. The topological polar surface area (TPSA) is 40.5 Å². The summed E-state index contributed by atoms with van der Waals surface area (Å²) in [5, 5.41) is 9.50. The molecule has 0 spiro atoms. The van der Waals surface area contributed by atoms with E-state index in [0.29, 0.717) is 13.1 Å². The molecule has 0 radical (unpaired) electrons. The van der Waals surface area contributed by atoms with Gasteiger partial charge in [-0.1, -0.05) is 0 Å². The quantitative estimate of drug-likeness (QED) is 0.767. The summed E-state index contributed by atoms with van der Waals surface area (Å²) in [4.78, 5) is 13.7. The zero-order chi connectivity index (χ0) is 12.5. The van der Waals surface area contributed by atoms with E-state index in [1.54, 1.807) is 4.90 Å². The lowest BCUT2D eigenvalue weighted by molar-refractivity contribution is -0.142. The molecule has 1 saturated heterocycles. The standard InChI is InChI=1S/C12H19F2NO2/c13-12(14)5-3-9(4-6-12)11(17)15-7-1-2-10(16)8-15/h9-10,16H,1-8H2/t10-/m0/s1. The van der Waals surface area contributed by atoms with Gasteiger partial charge in [0.1, 0.15) is 0 Å². The van der Waals surface area contributed by atoms with Gasteiger partial charge >= 0.3 is 0 Å². The van der Waals surface area contributed by atoms with Crippen LogP contribution in [0, 0.1) is 5.92 Å². The van der Waals surface area contributed by atoms with Crippen molar-refractivity contribution in [1.29, 1.82) is 0 Å². The number of carbonyl (C=O) groups is 1. The van der Waals surface area contributed by atoms with Crippen molar-refractivity contribution in [2.45, 2.75) is 50.6 Å². The van der Waals surface area contributed by atoms with Gasteiger partial charge in [-0.25, -0.2) is 8.78 Å². The Labute approximate surface area is 99.8 Å². The van der Waals surface area contributed by atoms with Crippen molar-refractivity contribution >= 4 is 5.91 Å². The predicted octanol–water partition coefficient (Wildman–Crippen LogP) is 1.80. The van der Waals surface area contributed by atoms with Crippen LogP contribution in [0.5, 0.6) is 0 Å². The molecule has 1 aliphatic heterocycles. The molecular weight excluding hydrogens is 228 g/mol. The molecular formula is C12H19F2NO2. The number of hydrogen-bond donors (Lipinski definition) is 1. The molecule has 1 saturated carbocycles. The van der Waals surface area contributed by atoms with Crippen molar-refractivity contribution in [3.63, 3.8) is 0 Å². The van der Waals surface area contributed by atoms with Gasteiger partial charge in [-0.15, -0.1) is 0 Å². The number of hydrogen-bond acceptors (Lipinski definition) is 2. The highest BCUT2D eigenvalue weighted by molar-refractivity contribution is 5.79. The highest BCUT2D eigenvalue weighted by Gasteiger charge is 2.39. The van der Waals surface area contributed by atoms with Crippen LogP contribution in [0.1, 0.15) is 38.5 Å². The minimum Gasteiger partial charge on any atom is -0.391 e. The molecule has 1 amide bonds. The molecule has 3 nitrogen and oxygen atoms in total. The fraction of sp³-hybridized carbons (Fsp3) is 0.917. The number of piperidine rings is 1. The first-order valence-corrected chi connectivity index (χ1v) is 6.33. The smallest absolute Gasteiger partial charge is 0.248 e. The molecule has 17 heavy (non-hydrogen) atoms. The van der Waals surface area contributed by atoms with Gasteiger partial charge in [0.15, 0.2) is 0 Å². The van der Waals surface area contributed by atoms with E-state index in [0.717, 1.165) is 12.8 Å². The number of halogens is 2. The number of nitrogens with zero attached hydrogens (tertiary/aromatic N) is 1. The minimum absolute atomic E-state index is 0.0424. The van der Waals surface area contributed by atoms with Gasteiger partial charge in [-0.05, 0) is 25.7 Å². The van der Waals surface area contributed by atoms with E-state index >= 15 is 0 Å². The second kappa shape index (κ2) is 4.88. The van der Waals surface area contributed by atoms with Crippen LogP contribution in [0.25, 0.3) is 0 Å². The van der Waals surface area contributed by atoms with Gasteiger partial charge in [0.05, 0.1) is 6.10 Å². The van der Waals surface area contributed by atoms with Crippen molar-refractivity contribution in [3.05, 3.63) is 0 Å². The number of rotatable bonds is 1. The van der Waals surface area contributed by atoms with E-state index in [1.807, 2.05) is 0 Å². The average molecular weight is 247 g/mol. The Hall–Kier alpha value is -0.710. The maximum absolute atomic E-state index is 13.0. The lowest BCUT2D eigenvalue weighted by Gasteiger charge is -2.35. The molecule has 2 rings (SSSR count). The van der Waals surface area contributed by atoms with Gasteiger partial charge in [0, 0.05) is 31.8 Å². The third-order valence-electron chi connectivity index (χ3n) is 3.77. The zero-order valence-corrected chi connectivity index (χ0v) is 9.87. The summed E-state index contributed by atoms with van der Waals surface area (Å²) in [5.74, 6) is -2.89. The van der Waals surface area contributed by atoms with E-state index in [4.69, 9.17) is 0 Å². The normalized spacial score (nSPS) is 30.3. The van der Waals surface area contributed by atoms with Crippen molar-refractivity contribution < 1.29 is 18.7 Å². The molecule has 1 atom stereocenters. The molecule has 1 N–H and O–H groups in total. The minimum atomic E-state index is -2.59. The van der Waals surface area contributed by atoms with Gasteiger partial charge < -0.3 is 10.0 Å². The highest BCUT2D eigenvalue weighted by atomic mass is 19.3. The van der Waals surface area contributed by atoms with Crippen LogP contribution in [-0.2, 0) is 4.79 Å². The van der Waals surface area contributed by atoms with E-state index < -0.39 is 12.0 Å². The number of alkyl halides is 2. The van der Waals surface area contributed by atoms with E-state index in [9.17, 15) is 18.7 Å². The molecule has 1 aliphatic carbocycles. The van der Waals surface area contributed by atoms with Crippen molar-refractivity contribution in [3.8, 4) is 0 Å². The Balaban J connectivity index is 1.88. The molecule has 0 bridgehead atoms. The largest absolute Gasteiger partial charge is 0.391 e. The lowest BCUT2D eigenvalue weighted by Crippen LogP contribution is -2.46. The third-order valence-corrected chi connectivity index (χ3v) is 3.77. The Kier molecular flexibility index (Phi) is 3.66. The van der Waals surface area contributed by atoms with Crippen LogP contribution in [0.3, 0.4) is 0 Å². The van der Waals surface area contributed by atoms with Crippen LogP contribution >= 0.6 is 0 Å². The number of β-amino-alcohol motifs (C(OH)–C–C–N with tert-alkyl or cyclic N) is 1. The fourth-order valence-electron chi connectivity index (χ4n) is 2.70. The van der Waals surface area contributed by atoms with Crippen LogP contribution < -0.4 is 0 Å². The van der Waals surface area contributed by atoms with Gasteiger partial charge in [-0.2, -0.15) is 0 Å². The summed E-state index contributed by atoms with van der Waals surface area (Å²) in [5.41, 5.74) is 0. The predicted molar refractivity (Wildman–Crippen MR) is 58.7 cm³/mol. The molecule has 1 heterocycles. The Morgan fingerprint density at radius 2 is 1.88 bits per heavy atom. The summed E-state index contributed by atoms with van der Waals surface area (Å²) in [6, 6.07) is 0. The Morgan fingerprint density at radius 3 is 2.47 bits per heavy atom. The molecule has 98 valence electrons. The maximum Gasteiger partial charge on any atom is 0.248 e. The summed E-state index contributed by atoms with van der Waals surface area (Å²) in [6.07, 6.45) is 1.27. The number of aliphatic hydroxyl groups is 1. The van der Waals surface area contributed by atoms with E-state index in [-0.39, 0.29) is 37.5 Å². The van der Waals surface area contributed by atoms with Crippen LogP contribution in [0.15, 0.2) is 0 Å². The van der Waals surface area contributed by atoms with Gasteiger partial charge in [0.25, 0.3) is 0 Å². The molecule has 2 fully saturated rings. The first-order valence-electron chi connectivity index (χ1n) is 6.33. The van der Waals surface area contributed by atoms with E-state index in [1.165, 1.54) is 0 Å². The highest BCUT2D eigenvalue weighted by Crippen LogP contribution is 2.37. The van der Waals surface area contributed by atoms with Crippen molar-refractivity contribution in [1.82, 2.24) is 4.90 Å². The van der Waals surface area contributed by atoms with E-state index in [2.05, 4.69) is 0 Å². The number of aliphatic hydroxyl groups excluding tert-OH is 1. The molecule has 0 aromatic heterocycles. The van der Waals surface area contributed by atoms with Crippen molar-refractivity contribution in [2.24, 2.45) is 5.92 Å². The first-order chi connectivity index (χ1) is 7.98. The third kappa shape index (κ3) is 3.15. The summed E-state index contributed by atoms with van der Waals surface area (Å²) in [6.45, 7) is 1.02. The fourth-order valence-corrected chi connectivity index (χ4v) is 2.70. The number of carbonyl (C=O) groups excluding carboxylic acids is 1.